The summed E-state index contributed by atoms with van der Waals surface area (Å²) in [5.74, 6) is -1.13. The van der Waals surface area contributed by atoms with Crippen LogP contribution in [0.1, 0.15) is 17.3 Å². The zero-order valence-electron chi connectivity index (χ0n) is 8.58. The molecule has 5 heteroatoms. The molecule has 1 aromatic heterocycles. The number of carboxylic acid groups (broad SMARTS) is 1. The van der Waals surface area contributed by atoms with Crippen LogP contribution >= 0.6 is 22.6 Å². The fourth-order valence-corrected chi connectivity index (χ4v) is 1.88. The SMILES string of the molecule is C=c1[nH]c(=O)c(I)c(C(=O)O)/c1=C/C=C\C. The van der Waals surface area contributed by atoms with Gasteiger partial charge in [-0.15, -0.1) is 0 Å². The monoisotopic (exact) mass is 331 g/mol. The predicted octanol–water partition coefficient (Wildman–Crippen LogP) is 0.445. The molecular formula is C11H10INO3. The molecule has 0 fully saturated rings. The molecule has 0 aliphatic heterocycles. The molecule has 4 nitrogen and oxygen atoms in total. The van der Waals surface area contributed by atoms with Crippen molar-refractivity contribution in [1.29, 1.82) is 0 Å². The molecule has 0 aliphatic carbocycles. The third-order valence-electron chi connectivity index (χ3n) is 1.95. The molecule has 0 aromatic carbocycles. The van der Waals surface area contributed by atoms with Gasteiger partial charge < -0.3 is 10.1 Å². The summed E-state index contributed by atoms with van der Waals surface area (Å²) in [6.07, 6.45) is 5.08. The van der Waals surface area contributed by atoms with E-state index in [1.54, 1.807) is 40.8 Å². The first-order valence-electron chi connectivity index (χ1n) is 4.46. The van der Waals surface area contributed by atoms with E-state index in [1.165, 1.54) is 0 Å². The number of rotatable bonds is 2. The smallest absolute Gasteiger partial charge is 0.337 e. The minimum absolute atomic E-state index is 0.00699. The standard InChI is InChI=1S/C11H10INO3/c1-3-4-5-7-6(2)13-10(14)9(12)8(7)11(15)16/h3-5H,2H2,1H3,(H,13,14)(H,15,16)/b4-3-,7-5+. The van der Waals surface area contributed by atoms with Crippen molar-refractivity contribution < 1.29 is 9.90 Å². The summed E-state index contributed by atoms with van der Waals surface area (Å²) >= 11 is 1.72. The highest BCUT2D eigenvalue weighted by atomic mass is 127. The topological polar surface area (TPSA) is 70.2 Å². The Hall–Kier alpha value is -1.37. The molecule has 0 saturated carbocycles. The van der Waals surface area contributed by atoms with Crippen LogP contribution in [0.3, 0.4) is 0 Å². The molecule has 0 atom stereocenters. The summed E-state index contributed by atoms with van der Waals surface area (Å²) < 4.78 is 0.160. The summed E-state index contributed by atoms with van der Waals surface area (Å²) in [6.45, 7) is 5.45. The van der Waals surface area contributed by atoms with Crippen LogP contribution in [0.2, 0.25) is 0 Å². The zero-order chi connectivity index (χ0) is 12.3. The molecule has 1 rings (SSSR count). The zero-order valence-corrected chi connectivity index (χ0v) is 10.7. The van der Waals surface area contributed by atoms with Gasteiger partial charge in [-0.1, -0.05) is 24.8 Å². The first-order valence-corrected chi connectivity index (χ1v) is 5.54. The fraction of sp³-hybridized carbons (Fsp3) is 0.0909. The number of aromatic amines is 1. The minimum atomic E-state index is -1.13. The Morgan fingerprint density at radius 2 is 2.19 bits per heavy atom. The van der Waals surface area contributed by atoms with Gasteiger partial charge in [-0.25, -0.2) is 4.79 Å². The number of nitrogens with one attached hydrogen (secondary N) is 1. The molecule has 0 unspecified atom stereocenters. The van der Waals surface area contributed by atoms with Gasteiger partial charge >= 0.3 is 5.97 Å². The van der Waals surface area contributed by atoms with Crippen LogP contribution in [0.4, 0.5) is 0 Å². The van der Waals surface area contributed by atoms with Gasteiger partial charge in [0.05, 0.1) is 9.13 Å². The first kappa shape index (κ1) is 12.7. The lowest BCUT2D eigenvalue weighted by Crippen LogP contribution is -2.40. The van der Waals surface area contributed by atoms with E-state index in [0.717, 1.165) is 0 Å². The average Bonchev–Trinajstić information content (AvgIpc) is 2.20. The van der Waals surface area contributed by atoms with E-state index in [4.69, 9.17) is 5.11 Å². The van der Waals surface area contributed by atoms with Gasteiger partial charge in [0.1, 0.15) is 0 Å². The summed E-state index contributed by atoms with van der Waals surface area (Å²) in [5, 5.41) is 9.80. The number of allylic oxidation sites excluding steroid dienone is 2. The van der Waals surface area contributed by atoms with E-state index < -0.39 is 11.5 Å². The van der Waals surface area contributed by atoms with Gasteiger partial charge in [-0.2, -0.15) is 0 Å². The van der Waals surface area contributed by atoms with Gasteiger partial charge in [0.15, 0.2) is 0 Å². The Kier molecular flexibility index (Phi) is 4.05. The van der Waals surface area contributed by atoms with E-state index in [9.17, 15) is 9.59 Å². The molecule has 0 spiro atoms. The Balaban J connectivity index is 3.86. The summed E-state index contributed by atoms with van der Waals surface area (Å²) in [7, 11) is 0. The molecule has 84 valence electrons. The molecule has 2 N–H and O–H groups in total. The molecule has 1 heterocycles. The van der Waals surface area contributed by atoms with Crippen LogP contribution in [0, 0.1) is 3.57 Å². The second-order valence-corrected chi connectivity index (χ2v) is 4.11. The van der Waals surface area contributed by atoms with Crippen molar-refractivity contribution in [2.45, 2.75) is 6.92 Å². The van der Waals surface area contributed by atoms with Crippen molar-refractivity contribution in [3.05, 3.63) is 42.2 Å². The maximum absolute atomic E-state index is 11.4. The van der Waals surface area contributed by atoms with Crippen molar-refractivity contribution in [3.63, 3.8) is 0 Å². The molecule has 0 saturated heterocycles. The maximum Gasteiger partial charge on any atom is 0.337 e. The highest BCUT2D eigenvalue weighted by Gasteiger charge is 2.13. The molecule has 1 aromatic rings. The van der Waals surface area contributed by atoms with E-state index in [2.05, 4.69) is 11.6 Å². The van der Waals surface area contributed by atoms with Crippen LogP contribution in [-0.2, 0) is 0 Å². The maximum atomic E-state index is 11.4. The van der Waals surface area contributed by atoms with E-state index in [-0.39, 0.29) is 9.13 Å². The number of aromatic carboxylic acids is 1. The van der Waals surface area contributed by atoms with E-state index in [1.807, 2.05) is 6.92 Å². The van der Waals surface area contributed by atoms with Crippen molar-refractivity contribution in [3.8, 4) is 0 Å². The Bertz CT molecular complexity index is 613. The molecule has 16 heavy (non-hydrogen) atoms. The van der Waals surface area contributed by atoms with Crippen LogP contribution in [0.15, 0.2) is 16.9 Å². The minimum Gasteiger partial charge on any atom is -0.478 e. The first-order chi connectivity index (χ1) is 7.49. The lowest BCUT2D eigenvalue weighted by molar-refractivity contribution is 0.0694. The molecule has 0 aliphatic rings. The van der Waals surface area contributed by atoms with Crippen LogP contribution < -0.4 is 16.1 Å². The van der Waals surface area contributed by atoms with Gasteiger partial charge in [0, 0.05) is 10.6 Å². The highest BCUT2D eigenvalue weighted by molar-refractivity contribution is 14.1. The van der Waals surface area contributed by atoms with Gasteiger partial charge in [-0.3, -0.25) is 4.79 Å². The third-order valence-corrected chi connectivity index (χ3v) is 2.98. The van der Waals surface area contributed by atoms with Crippen molar-refractivity contribution in [2.24, 2.45) is 0 Å². The average molecular weight is 331 g/mol. The normalized spacial score (nSPS) is 12.2. The number of carboxylic acids is 1. The quantitative estimate of drug-likeness (QED) is 0.773. The lowest BCUT2D eigenvalue weighted by atomic mass is 10.2. The fourth-order valence-electron chi connectivity index (χ4n) is 1.23. The predicted molar refractivity (Wildman–Crippen MR) is 70.8 cm³/mol. The Morgan fingerprint density at radius 3 is 2.69 bits per heavy atom. The van der Waals surface area contributed by atoms with Crippen LogP contribution in [0.5, 0.6) is 0 Å². The summed E-state index contributed by atoms with van der Waals surface area (Å²) in [4.78, 5) is 25.0. The number of carbonyl (C=O) groups is 1. The molecule has 0 radical (unpaired) electrons. The van der Waals surface area contributed by atoms with Gasteiger partial charge in [0.2, 0.25) is 0 Å². The Labute approximate surface area is 105 Å². The van der Waals surface area contributed by atoms with Gasteiger partial charge in [-0.05, 0) is 29.5 Å². The number of halogens is 1. The van der Waals surface area contributed by atoms with Crippen LogP contribution in [0.25, 0.3) is 12.7 Å². The van der Waals surface area contributed by atoms with Crippen molar-refractivity contribution in [1.82, 2.24) is 4.98 Å². The van der Waals surface area contributed by atoms with Crippen molar-refractivity contribution >= 4 is 41.2 Å². The number of aromatic nitrogens is 1. The third kappa shape index (κ3) is 2.41. The Morgan fingerprint density at radius 1 is 1.56 bits per heavy atom. The largest absolute Gasteiger partial charge is 0.478 e. The van der Waals surface area contributed by atoms with Gasteiger partial charge in [0.25, 0.3) is 5.56 Å². The second kappa shape index (κ2) is 5.11. The van der Waals surface area contributed by atoms with Crippen LogP contribution in [-0.4, -0.2) is 16.1 Å². The van der Waals surface area contributed by atoms with E-state index >= 15 is 0 Å². The molecular weight excluding hydrogens is 321 g/mol. The summed E-state index contributed by atoms with van der Waals surface area (Å²) in [6, 6.07) is 0. The van der Waals surface area contributed by atoms with Crippen molar-refractivity contribution in [2.75, 3.05) is 0 Å². The number of pyridine rings is 1. The summed E-state index contributed by atoms with van der Waals surface area (Å²) in [5.41, 5.74) is -0.437. The number of hydrogen-bond acceptors (Lipinski definition) is 2. The molecule has 0 bridgehead atoms. The second-order valence-electron chi connectivity index (χ2n) is 3.03. The number of H-pyrrole nitrogens is 1. The number of hydrogen-bond donors (Lipinski definition) is 2. The molecule has 0 amide bonds. The highest BCUT2D eigenvalue weighted by Crippen LogP contribution is 2.00. The van der Waals surface area contributed by atoms with E-state index in [0.29, 0.717) is 10.6 Å². The lowest BCUT2D eigenvalue weighted by Gasteiger charge is -1.99.